The Morgan fingerprint density at radius 1 is 1.20 bits per heavy atom. The topological polar surface area (TPSA) is 161 Å². The Kier molecular flexibility index (Phi) is 9.90. The molecule has 40 heavy (non-hydrogen) atoms. The molecule has 0 spiro atoms. The maximum Gasteiger partial charge on any atom is 0.407 e. The number of pyridine rings is 1. The summed E-state index contributed by atoms with van der Waals surface area (Å²) >= 11 is 0. The molecule has 3 rings (SSSR count). The summed E-state index contributed by atoms with van der Waals surface area (Å²) in [5.74, 6) is -4.34. The van der Waals surface area contributed by atoms with Gasteiger partial charge >= 0.3 is 6.09 Å². The van der Waals surface area contributed by atoms with Gasteiger partial charge in [0.1, 0.15) is 29.7 Å². The number of hydrogen-bond donors (Lipinski definition) is 5. The van der Waals surface area contributed by atoms with Gasteiger partial charge in [-0.1, -0.05) is 37.3 Å². The maximum atomic E-state index is 14.8. The predicted octanol–water partition coefficient (Wildman–Crippen LogP) is 2.80. The van der Waals surface area contributed by atoms with Crippen LogP contribution in [0.4, 0.5) is 25.2 Å². The Morgan fingerprint density at radius 3 is 2.45 bits per heavy atom. The smallest absolute Gasteiger partial charge is 0.407 e. The van der Waals surface area contributed by atoms with E-state index in [4.69, 9.17) is 0 Å². The summed E-state index contributed by atoms with van der Waals surface area (Å²) in [7, 11) is -3.42. The van der Waals surface area contributed by atoms with Crippen LogP contribution < -0.4 is 16.0 Å². The van der Waals surface area contributed by atoms with Crippen LogP contribution in [0.5, 0.6) is 0 Å². The molecule has 1 aromatic carbocycles. The number of alkyl halides is 2. The number of likely N-dealkylation sites (tertiary alicyclic amines) is 1. The molecule has 1 aliphatic rings. The first-order valence-corrected chi connectivity index (χ1v) is 14.9. The molecule has 2 unspecified atom stereocenters. The summed E-state index contributed by atoms with van der Waals surface area (Å²) in [5.41, 5.74) is 0.648. The van der Waals surface area contributed by atoms with Gasteiger partial charge in [0.15, 0.2) is 9.84 Å². The van der Waals surface area contributed by atoms with Crippen LogP contribution in [0, 0.1) is 0 Å². The molecule has 0 radical (unpaired) electrons. The van der Waals surface area contributed by atoms with Gasteiger partial charge in [-0.3, -0.25) is 9.69 Å². The van der Waals surface area contributed by atoms with Gasteiger partial charge in [0.25, 0.3) is 11.8 Å². The van der Waals surface area contributed by atoms with E-state index in [1.807, 2.05) is 13.8 Å². The van der Waals surface area contributed by atoms with Gasteiger partial charge in [-0.05, 0) is 37.5 Å². The summed E-state index contributed by atoms with van der Waals surface area (Å²) in [6.07, 6.45) is -2.59. The largest absolute Gasteiger partial charge is 0.465 e. The van der Waals surface area contributed by atoms with Crippen molar-refractivity contribution >= 4 is 33.5 Å². The molecule has 2 heterocycles. The fraction of sp³-hybridized carbons (Fsp3) is 0.500. The number of anilines is 2. The van der Waals surface area contributed by atoms with Gasteiger partial charge in [-0.25, -0.2) is 27.0 Å². The molecule has 14 heteroatoms. The highest BCUT2D eigenvalue weighted by atomic mass is 32.2. The van der Waals surface area contributed by atoms with Crippen molar-refractivity contribution in [1.29, 1.82) is 0 Å². The normalized spacial score (nSPS) is 18.9. The van der Waals surface area contributed by atoms with E-state index in [9.17, 15) is 37.0 Å². The second-order valence-electron chi connectivity index (χ2n) is 10.0. The number of carboxylic acid groups (broad SMARTS) is 1. The first kappa shape index (κ1) is 31.0. The SMILES string of the molecule is CCC(C)Nc1cc(C(=O)NC(Cc2ccccc2)[C@H](O)[C@@H]2N(C(=O)O)CCC2(F)F)cc(NCS(C)(=O)=O)n1. The minimum absolute atomic E-state index is 0.0235. The average molecular weight is 584 g/mol. The van der Waals surface area contributed by atoms with Crippen molar-refractivity contribution in [1.82, 2.24) is 15.2 Å². The number of carbonyl (C=O) groups excluding carboxylic acids is 1. The molecule has 2 amide bonds. The first-order valence-electron chi connectivity index (χ1n) is 12.8. The van der Waals surface area contributed by atoms with E-state index in [0.717, 1.165) is 12.7 Å². The summed E-state index contributed by atoms with van der Waals surface area (Å²) in [6.45, 7) is 3.37. The number of sulfone groups is 1. The Bertz CT molecular complexity index is 1300. The maximum absolute atomic E-state index is 14.8. The molecule has 1 saturated heterocycles. The van der Waals surface area contributed by atoms with Gasteiger partial charge in [-0.15, -0.1) is 0 Å². The van der Waals surface area contributed by atoms with E-state index in [0.29, 0.717) is 10.5 Å². The van der Waals surface area contributed by atoms with Crippen molar-refractivity contribution in [2.45, 2.75) is 63.3 Å². The van der Waals surface area contributed by atoms with Gasteiger partial charge in [0.05, 0.1) is 6.04 Å². The van der Waals surface area contributed by atoms with Crippen LogP contribution in [0.15, 0.2) is 42.5 Å². The molecule has 220 valence electrons. The highest BCUT2D eigenvalue weighted by molar-refractivity contribution is 7.90. The number of amides is 2. The number of rotatable bonds is 12. The molecule has 0 saturated carbocycles. The highest BCUT2D eigenvalue weighted by Gasteiger charge is 2.56. The molecular weight excluding hydrogens is 548 g/mol. The van der Waals surface area contributed by atoms with Crippen LogP contribution in [0.25, 0.3) is 0 Å². The Labute approximate surface area is 231 Å². The lowest BCUT2D eigenvalue weighted by Gasteiger charge is -2.35. The van der Waals surface area contributed by atoms with Gasteiger partial charge in [0.2, 0.25) is 0 Å². The fourth-order valence-electron chi connectivity index (χ4n) is 4.42. The molecular formula is C26H35F2N5O6S. The van der Waals surface area contributed by atoms with Crippen LogP contribution in [0.3, 0.4) is 0 Å². The van der Waals surface area contributed by atoms with E-state index in [1.54, 1.807) is 30.3 Å². The number of nitrogens with one attached hydrogen (secondary N) is 3. The molecule has 1 aliphatic heterocycles. The number of aliphatic hydroxyl groups excluding tert-OH is 1. The van der Waals surface area contributed by atoms with Gasteiger partial charge < -0.3 is 26.2 Å². The van der Waals surface area contributed by atoms with E-state index in [1.165, 1.54) is 12.1 Å². The second kappa shape index (κ2) is 12.8. The number of carbonyl (C=O) groups is 2. The number of hydrogen-bond acceptors (Lipinski definition) is 8. The number of benzene rings is 1. The summed E-state index contributed by atoms with van der Waals surface area (Å²) in [5, 5.41) is 29.0. The third-order valence-electron chi connectivity index (χ3n) is 6.66. The number of aliphatic hydroxyl groups is 1. The van der Waals surface area contributed by atoms with Crippen LogP contribution in [-0.2, 0) is 16.3 Å². The van der Waals surface area contributed by atoms with Gasteiger partial charge in [-0.2, -0.15) is 0 Å². The molecule has 5 N–H and O–H groups in total. The summed E-state index contributed by atoms with van der Waals surface area (Å²) < 4.78 is 53.0. The third kappa shape index (κ3) is 8.24. The second-order valence-corrected chi connectivity index (χ2v) is 12.2. The van der Waals surface area contributed by atoms with Crippen LogP contribution in [0.2, 0.25) is 0 Å². The fourth-order valence-corrected chi connectivity index (χ4v) is 4.83. The minimum atomic E-state index is -3.51. The summed E-state index contributed by atoms with van der Waals surface area (Å²) in [6, 6.07) is 7.90. The lowest BCUT2D eigenvalue weighted by molar-refractivity contribution is -0.0839. The molecule has 1 fully saturated rings. The predicted molar refractivity (Wildman–Crippen MR) is 146 cm³/mol. The first-order chi connectivity index (χ1) is 18.7. The Morgan fingerprint density at radius 2 is 1.85 bits per heavy atom. The zero-order valence-corrected chi connectivity index (χ0v) is 23.3. The molecule has 1 aromatic heterocycles. The third-order valence-corrected chi connectivity index (χ3v) is 7.33. The van der Waals surface area contributed by atoms with Crippen LogP contribution >= 0.6 is 0 Å². The molecule has 0 aliphatic carbocycles. The zero-order chi connectivity index (χ0) is 29.7. The highest BCUT2D eigenvalue weighted by Crippen LogP contribution is 2.37. The Balaban J connectivity index is 1.96. The van der Waals surface area contributed by atoms with Crippen molar-refractivity contribution in [3.8, 4) is 0 Å². The van der Waals surface area contributed by atoms with Crippen molar-refractivity contribution in [2.75, 3.05) is 29.3 Å². The van der Waals surface area contributed by atoms with Crippen LogP contribution in [-0.4, -0.2) is 89.3 Å². The standard InChI is InChI=1S/C26H35F2N5O6S/c1-4-16(2)30-21-14-18(13-20(32-21)29-15-40(3,38)39)24(35)31-19(12-17-8-6-5-7-9-17)22(34)23-26(27,28)10-11-33(23)25(36)37/h5-9,13-14,16,19,22-23,34H,4,10-12,15H2,1-3H3,(H,31,35)(H,36,37)(H2,29,30,32)/t16?,19?,22-,23-/m0/s1. The van der Waals surface area contributed by atoms with Crippen molar-refractivity contribution in [3.63, 3.8) is 0 Å². The van der Waals surface area contributed by atoms with E-state index in [-0.39, 0.29) is 29.7 Å². The number of halogens is 2. The van der Waals surface area contributed by atoms with Gasteiger partial charge in [0, 0.05) is 30.8 Å². The van der Waals surface area contributed by atoms with E-state index in [2.05, 4.69) is 20.9 Å². The summed E-state index contributed by atoms with van der Waals surface area (Å²) in [4.78, 5) is 30.0. The zero-order valence-electron chi connectivity index (χ0n) is 22.5. The van der Waals surface area contributed by atoms with E-state index >= 15 is 0 Å². The van der Waals surface area contributed by atoms with E-state index < -0.39 is 64.8 Å². The quantitative estimate of drug-likeness (QED) is 0.253. The monoisotopic (exact) mass is 583 g/mol. The van der Waals surface area contributed by atoms with Crippen molar-refractivity contribution in [2.24, 2.45) is 0 Å². The van der Waals surface area contributed by atoms with Crippen molar-refractivity contribution < 1.29 is 37.0 Å². The minimum Gasteiger partial charge on any atom is -0.465 e. The molecule has 2 aromatic rings. The van der Waals surface area contributed by atoms with Crippen LogP contribution in [0.1, 0.15) is 42.6 Å². The Hall–Kier alpha value is -3.52. The number of nitrogens with zero attached hydrogens (tertiary/aromatic N) is 2. The average Bonchev–Trinajstić information content (AvgIpc) is 3.21. The lowest BCUT2D eigenvalue weighted by Crippen LogP contribution is -2.58. The molecule has 11 nitrogen and oxygen atoms in total. The number of aromatic nitrogens is 1. The molecule has 0 bridgehead atoms. The van der Waals surface area contributed by atoms with Crippen molar-refractivity contribution in [3.05, 3.63) is 53.6 Å². The lowest BCUT2D eigenvalue weighted by atomic mass is 9.93. The molecule has 4 atom stereocenters.